The lowest BCUT2D eigenvalue weighted by atomic mass is 10.2. The summed E-state index contributed by atoms with van der Waals surface area (Å²) in [5.74, 6) is 0.539. The molecule has 2 heteroatoms. The average molecular weight is 146 g/mol. The van der Waals surface area contributed by atoms with Crippen molar-refractivity contribution in [1.82, 2.24) is 0 Å². The van der Waals surface area contributed by atoms with Crippen LogP contribution in [-0.4, -0.2) is 12.4 Å². The van der Waals surface area contributed by atoms with E-state index < -0.39 is 0 Å². The fourth-order valence-electron chi connectivity index (χ4n) is 0.533. The summed E-state index contributed by atoms with van der Waals surface area (Å²) in [5.41, 5.74) is 6.46. The minimum Gasteiger partial charge on any atom is -0.327 e. The predicted octanol–water partition coefficient (Wildman–Crippen LogP) is 1.69. The molecule has 0 aromatic carbocycles. The molecule has 0 aromatic rings. The number of alkyl halides is 1. The summed E-state index contributed by atoms with van der Waals surface area (Å²) in [4.78, 5) is 0. The smallest absolute Gasteiger partial charge is 0.0410 e. The molecule has 0 amide bonds. The number of hydrogen-bond acceptors (Lipinski definition) is 1. The summed E-state index contributed by atoms with van der Waals surface area (Å²) < 4.78 is 0. The van der Waals surface area contributed by atoms with Crippen LogP contribution in [0.2, 0.25) is 0 Å². The van der Waals surface area contributed by atoms with E-state index in [2.05, 4.69) is 0 Å². The molecule has 0 aliphatic rings. The Bertz CT molecular complexity index is 116. The first-order chi connectivity index (χ1) is 4.35. The maximum absolute atomic E-state index is 5.44. The third-order valence-electron chi connectivity index (χ3n) is 0.956. The van der Waals surface area contributed by atoms with Gasteiger partial charge in [-0.2, -0.15) is 0 Å². The van der Waals surface area contributed by atoms with E-state index in [1.165, 1.54) is 0 Å². The van der Waals surface area contributed by atoms with Crippen molar-refractivity contribution < 1.29 is 0 Å². The molecule has 0 atom stereocenters. The van der Waals surface area contributed by atoms with Crippen LogP contribution in [0.3, 0.4) is 0 Å². The lowest BCUT2D eigenvalue weighted by Gasteiger charge is -1.92. The Morgan fingerprint density at radius 1 is 1.67 bits per heavy atom. The van der Waals surface area contributed by atoms with Crippen molar-refractivity contribution >= 4 is 11.6 Å². The first-order valence-electron chi connectivity index (χ1n) is 2.93. The molecule has 0 unspecified atom stereocenters. The maximum atomic E-state index is 5.44. The Morgan fingerprint density at radius 3 is 2.67 bits per heavy atom. The molecular formula is C7H12ClN. The second-order valence-electron chi connectivity index (χ2n) is 1.64. The van der Waals surface area contributed by atoms with Crippen LogP contribution < -0.4 is 5.73 Å². The van der Waals surface area contributed by atoms with Gasteiger partial charge in [0, 0.05) is 12.4 Å². The molecule has 1 nitrogen and oxygen atoms in total. The van der Waals surface area contributed by atoms with E-state index in [0.717, 1.165) is 5.57 Å². The molecular weight excluding hydrogens is 134 g/mol. The average Bonchev–Trinajstić information content (AvgIpc) is 1.88. The second-order valence-corrected chi connectivity index (χ2v) is 1.95. The highest BCUT2D eigenvalue weighted by Gasteiger charge is 1.83. The van der Waals surface area contributed by atoms with E-state index in [4.69, 9.17) is 17.3 Å². The van der Waals surface area contributed by atoms with Gasteiger partial charge in [-0.15, -0.1) is 11.6 Å². The molecule has 0 aliphatic heterocycles. The zero-order valence-corrected chi connectivity index (χ0v) is 6.36. The third-order valence-corrected chi connectivity index (χ3v) is 1.11. The van der Waals surface area contributed by atoms with Gasteiger partial charge in [0.1, 0.15) is 0 Å². The van der Waals surface area contributed by atoms with E-state index in [-0.39, 0.29) is 0 Å². The van der Waals surface area contributed by atoms with Gasteiger partial charge in [-0.1, -0.05) is 18.2 Å². The van der Waals surface area contributed by atoms with Crippen LogP contribution in [0.1, 0.15) is 6.92 Å². The molecule has 0 aromatic heterocycles. The van der Waals surface area contributed by atoms with Gasteiger partial charge in [-0.05, 0) is 12.5 Å². The van der Waals surface area contributed by atoms with E-state index in [9.17, 15) is 0 Å². The van der Waals surface area contributed by atoms with Crippen molar-refractivity contribution in [1.29, 1.82) is 0 Å². The minimum absolute atomic E-state index is 0.539. The molecule has 0 saturated carbocycles. The Balaban J connectivity index is 3.81. The lowest BCUT2D eigenvalue weighted by molar-refractivity contribution is 1.18. The monoisotopic (exact) mass is 145 g/mol. The standard InChI is InChI=1S/C7H12ClN/c1-2-3-7(6-9)4-5-8/h2-4H,5-6,9H2,1H3/b3-2-,7-4+. The van der Waals surface area contributed by atoms with E-state index in [0.29, 0.717) is 12.4 Å². The summed E-state index contributed by atoms with van der Waals surface area (Å²) in [6, 6.07) is 0. The number of allylic oxidation sites excluding steroid dienone is 2. The van der Waals surface area contributed by atoms with E-state index in [1.54, 1.807) is 0 Å². The fourth-order valence-corrected chi connectivity index (χ4v) is 0.731. The SMILES string of the molecule is C/C=C\C(=C/CCl)CN. The van der Waals surface area contributed by atoms with Gasteiger partial charge in [-0.25, -0.2) is 0 Å². The van der Waals surface area contributed by atoms with Crippen molar-refractivity contribution in [3.63, 3.8) is 0 Å². The minimum atomic E-state index is 0.539. The van der Waals surface area contributed by atoms with Crippen LogP contribution in [0.4, 0.5) is 0 Å². The molecule has 2 N–H and O–H groups in total. The first kappa shape index (κ1) is 8.73. The summed E-state index contributed by atoms with van der Waals surface area (Å²) in [5, 5.41) is 0. The van der Waals surface area contributed by atoms with Gasteiger partial charge in [0.25, 0.3) is 0 Å². The van der Waals surface area contributed by atoms with Gasteiger partial charge in [0.2, 0.25) is 0 Å². The predicted molar refractivity (Wildman–Crippen MR) is 42.7 cm³/mol. The number of halogens is 1. The van der Waals surface area contributed by atoms with E-state index in [1.807, 2.05) is 25.2 Å². The zero-order chi connectivity index (χ0) is 7.11. The zero-order valence-electron chi connectivity index (χ0n) is 5.60. The lowest BCUT2D eigenvalue weighted by Crippen LogP contribution is -2.00. The molecule has 0 rings (SSSR count). The Morgan fingerprint density at radius 2 is 2.33 bits per heavy atom. The van der Waals surface area contributed by atoms with Crippen molar-refractivity contribution in [2.75, 3.05) is 12.4 Å². The summed E-state index contributed by atoms with van der Waals surface area (Å²) >= 11 is 5.44. The molecule has 0 saturated heterocycles. The van der Waals surface area contributed by atoms with E-state index >= 15 is 0 Å². The van der Waals surface area contributed by atoms with Crippen molar-refractivity contribution in [2.24, 2.45) is 5.73 Å². The normalized spacial score (nSPS) is 13.0. The highest BCUT2D eigenvalue weighted by molar-refractivity contribution is 6.18. The molecule has 0 spiro atoms. The fraction of sp³-hybridized carbons (Fsp3) is 0.429. The van der Waals surface area contributed by atoms with Crippen LogP contribution in [0.15, 0.2) is 23.8 Å². The summed E-state index contributed by atoms with van der Waals surface area (Å²) in [6.07, 6.45) is 5.81. The highest BCUT2D eigenvalue weighted by Crippen LogP contribution is 1.94. The number of nitrogens with two attached hydrogens (primary N) is 1. The molecule has 52 valence electrons. The summed E-state index contributed by atoms with van der Waals surface area (Å²) in [6.45, 7) is 2.52. The quantitative estimate of drug-likeness (QED) is 0.475. The molecule has 9 heavy (non-hydrogen) atoms. The van der Waals surface area contributed by atoms with Crippen LogP contribution in [0.25, 0.3) is 0 Å². The van der Waals surface area contributed by atoms with Crippen molar-refractivity contribution in [3.05, 3.63) is 23.8 Å². The molecule has 0 fully saturated rings. The first-order valence-corrected chi connectivity index (χ1v) is 3.46. The second kappa shape index (κ2) is 5.86. The highest BCUT2D eigenvalue weighted by atomic mass is 35.5. The maximum Gasteiger partial charge on any atom is 0.0410 e. The van der Waals surface area contributed by atoms with Gasteiger partial charge in [0.15, 0.2) is 0 Å². The number of hydrogen-bond donors (Lipinski definition) is 1. The molecule has 0 bridgehead atoms. The largest absolute Gasteiger partial charge is 0.327 e. The van der Waals surface area contributed by atoms with Crippen LogP contribution in [-0.2, 0) is 0 Å². The topological polar surface area (TPSA) is 26.0 Å². The Labute approximate surface area is 61.2 Å². The Kier molecular flexibility index (Phi) is 5.68. The van der Waals surface area contributed by atoms with Crippen molar-refractivity contribution in [2.45, 2.75) is 6.92 Å². The van der Waals surface area contributed by atoms with Gasteiger partial charge in [-0.3, -0.25) is 0 Å². The third kappa shape index (κ3) is 4.25. The molecule has 0 aliphatic carbocycles. The van der Waals surface area contributed by atoms with Crippen molar-refractivity contribution in [3.8, 4) is 0 Å². The van der Waals surface area contributed by atoms with Gasteiger partial charge >= 0.3 is 0 Å². The van der Waals surface area contributed by atoms with Crippen LogP contribution in [0.5, 0.6) is 0 Å². The Hall–Kier alpha value is -0.270. The molecule has 0 heterocycles. The number of rotatable bonds is 3. The van der Waals surface area contributed by atoms with Gasteiger partial charge in [0.05, 0.1) is 0 Å². The van der Waals surface area contributed by atoms with Gasteiger partial charge < -0.3 is 5.73 Å². The van der Waals surface area contributed by atoms with Crippen LogP contribution in [0, 0.1) is 0 Å². The summed E-state index contributed by atoms with van der Waals surface area (Å²) in [7, 11) is 0. The molecule has 0 radical (unpaired) electrons. The van der Waals surface area contributed by atoms with Crippen LogP contribution >= 0.6 is 11.6 Å².